The third kappa shape index (κ3) is 2.34. The summed E-state index contributed by atoms with van der Waals surface area (Å²) in [5.41, 5.74) is 10.5. The van der Waals surface area contributed by atoms with E-state index in [4.69, 9.17) is 5.73 Å². The quantitative estimate of drug-likeness (QED) is 0.668. The standard InChI is InChI=1S/C12H18N2/c1-8(2)7-10(4)11-9(3)5-6-14-12(11)13/h7H,1,5-6H2,2-4H3,(H2,13,14)/b10-7-. The molecule has 0 radical (unpaired) electrons. The topological polar surface area (TPSA) is 38.4 Å². The van der Waals surface area contributed by atoms with Crippen molar-refractivity contribution < 1.29 is 0 Å². The van der Waals surface area contributed by atoms with Gasteiger partial charge in [0.25, 0.3) is 0 Å². The maximum Gasteiger partial charge on any atom is 0.125 e. The molecule has 1 aliphatic heterocycles. The molecule has 1 aliphatic rings. The van der Waals surface area contributed by atoms with E-state index in [1.807, 2.05) is 13.0 Å². The summed E-state index contributed by atoms with van der Waals surface area (Å²) in [6, 6.07) is 0. The van der Waals surface area contributed by atoms with E-state index in [0.29, 0.717) is 5.84 Å². The molecule has 2 N–H and O–H groups in total. The molecule has 0 aromatic heterocycles. The largest absolute Gasteiger partial charge is 0.383 e. The van der Waals surface area contributed by atoms with Gasteiger partial charge in [-0.2, -0.15) is 0 Å². The summed E-state index contributed by atoms with van der Waals surface area (Å²) >= 11 is 0. The van der Waals surface area contributed by atoms with Gasteiger partial charge in [0.1, 0.15) is 5.84 Å². The Morgan fingerprint density at radius 1 is 1.50 bits per heavy atom. The highest BCUT2D eigenvalue weighted by Gasteiger charge is 2.13. The molecule has 0 atom stereocenters. The van der Waals surface area contributed by atoms with Crippen LogP contribution in [0.2, 0.25) is 0 Å². The highest BCUT2D eigenvalue weighted by Crippen LogP contribution is 2.21. The van der Waals surface area contributed by atoms with Gasteiger partial charge in [0.05, 0.1) is 0 Å². The third-order valence-electron chi connectivity index (χ3n) is 2.31. The van der Waals surface area contributed by atoms with Gasteiger partial charge in [0, 0.05) is 12.1 Å². The zero-order chi connectivity index (χ0) is 10.7. The van der Waals surface area contributed by atoms with Crippen LogP contribution >= 0.6 is 0 Å². The van der Waals surface area contributed by atoms with Crippen molar-refractivity contribution >= 4 is 5.84 Å². The zero-order valence-corrected chi connectivity index (χ0v) is 9.22. The number of allylic oxidation sites excluding steroid dienone is 2. The Bertz CT molecular complexity index is 343. The first-order chi connectivity index (χ1) is 6.52. The minimum atomic E-state index is 0.670. The molecule has 1 rings (SSSR count). The maximum atomic E-state index is 5.87. The molecule has 2 heteroatoms. The van der Waals surface area contributed by atoms with Crippen LogP contribution in [0.3, 0.4) is 0 Å². The van der Waals surface area contributed by atoms with Crippen molar-refractivity contribution in [3.8, 4) is 0 Å². The van der Waals surface area contributed by atoms with E-state index in [0.717, 1.165) is 29.7 Å². The molecule has 0 fully saturated rings. The fraction of sp³-hybridized carbons (Fsp3) is 0.417. The van der Waals surface area contributed by atoms with Gasteiger partial charge in [0.2, 0.25) is 0 Å². The smallest absolute Gasteiger partial charge is 0.125 e. The van der Waals surface area contributed by atoms with Crippen LogP contribution in [0.15, 0.2) is 39.9 Å². The molecule has 0 bridgehead atoms. The van der Waals surface area contributed by atoms with Gasteiger partial charge in [-0.05, 0) is 32.8 Å². The lowest BCUT2D eigenvalue weighted by Gasteiger charge is -2.16. The molecule has 0 saturated carbocycles. The molecule has 1 heterocycles. The highest BCUT2D eigenvalue weighted by molar-refractivity contribution is 6.02. The van der Waals surface area contributed by atoms with E-state index in [1.165, 1.54) is 5.57 Å². The van der Waals surface area contributed by atoms with Crippen molar-refractivity contribution in [2.45, 2.75) is 27.2 Å². The van der Waals surface area contributed by atoms with Crippen LogP contribution in [0.5, 0.6) is 0 Å². The molecule has 76 valence electrons. The molecule has 14 heavy (non-hydrogen) atoms. The number of dihydropyridines is 1. The SMILES string of the molecule is C=C(C)/C=C(/C)C1=C(C)CCN=C1N. The first-order valence-electron chi connectivity index (χ1n) is 4.86. The van der Waals surface area contributed by atoms with Crippen molar-refractivity contribution in [1.82, 2.24) is 0 Å². The summed E-state index contributed by atoms with van der Waals surface area (Å²) in [6.07, 6.45) is 3.06. The van der Waals surface area contributed by atoms with Gasteiger partial charge < -0.3 is 5.73 Å². The van der Waals surface area contributed by atoms with Crippen LogP contribution in [0.25, 0.3) is 0 Å². The fourth-order valence-corrected chi connectivity index (χ4v) is 1.75. The molecule has 0 saturated heterocycles. The zero-order valence-electron chi connectivity index (χ0n) is 9.22. The van der Waals surface area contributed by atoms with Crippen molar-refractivity contribution in [3.63, 3.8) is 0 Å². The van der Waals surface area contributed by atoms with Crippen LogP contribution in [0, 0.1) is 0 Å². The predicted molar refractivity (Wildman–Crippen MR) is 62.4 cm³/mol. The minimum absolute atomic E-state index is 0.670. The summed E-state index contributed by atoms with van der Waals surface area (Å²) in [4.78, 5) is 4.26. The molecule has 2 nitrogen and oxygen atoms in total. The van der Waals surface area contributed by atoms with Gasteiger partial charge in [0.15, 0.2) is 0 Å². The Morgan fingerprint density at radius 2 is 2.14 bits per heavy atom. The summed E-state index contributed by atoms with van der Waals surface area (Å²) in [5.74, 6) is 0.670. The Hall–Kier alpha value is -1.31. The Balaban J connectivity index is 3.07. The molecule has 0 spiro atoms. The lowest BCUT2D eigenvalue weighted by atomic mass is 9.96. The molecule has 0 aromatic rings. The predicted octanol–water partition coefficient (Wildman–Crippen LogP) is 2.59. The second-order valence-electron chi connectivity index (χ2n) is 3.85. The number of rotatable bonds is 2. The van der Waals surface area contributed by atoms with E-state index in [1.54, 1.807) is 0 Å². The van der Waals surface area contributed by atoms with Crippen molar-refractivity contribution in [1.29, 1.82) is 0 Å². The van der Waals surface area contributed by atoms with Gasteiger partial charge in [-0.3, -0.25) is 4.99 Å². The number of nitrogens with two attached hydrogens (primary N) is 1. The summed E-state index contributed by atoms with van der Waals surface area (Å²) < 4.78 is 0. The molecule has 0 amide bonds. The molecular formula is C12H18N2. The highest BCUT2D eigenvalue weighted by atomic mass is 14.9. The first kappa shape index (κ1) is 10.8. The second-order valence-corrected chi connectivity index (χ2v) is 3.85. The molecule has 0 aliphatic carbocycles. The van der Waals surface area contributed by atoms with Gasteiger partial charge in [-0.25, -0.2) is 0 Å². The van der Waals surface area contributed by atoms with Crippen LogP contribution in [-0.2, 0) is 0 Å². The average Bonchev–Trinajstić information content (AvgIpc) is 2.01. The number of hydrogen-bond acceptors (Lipinski definition) is 2. The number of aliphatic imine (C=N–C) groups is 1. The summed E-state index contributed by atoms with van der Waals surface area (Å²) in [6.45, 7) is 10.8. The van der Waals surface area contributed by atoms with Crippen LogP contribution in [0.1, 0.15) is 27.2 Å². The summed E-state index contributed by atoms with van der Waals surface area (Å²) in [5, 5.41) is 0. The first-order valence-corrected chi connectivity index (χ1v) is 4.86. The normalized spacial score (nSPS) is 18.2. The lowest BCUT2D eigenvalue weighted by molar-refractivity contribution is 0.916. The Morgan fingerprint density at radius 3 is 2.64 bits per heavy atom. The van der Waals surface area contributed by atoms with E-state index >= 15 is 0 Å². The van der Waals surface area contributed by atoms with Gasteiger partial charge >= 0.3 is 0 Å². The van der Waals surface area contributed by atoms with Crippen LogP contribution in [0.4, 0.5) is 0 Å². The minimum Gasteiger partial charge on any atom is -0.383 e. The van der Waals surface area contributed by atoms with E-state index < -0.39 is 0 Å². The van der Waals surface area contributed by atoms with Crippen molar-refractivity contribution in [3.05, 3.63) is 34.9 Å². The number of amidine groups is 1. The van der Waals surface area contributed by atoms with Crippen LogP contribution in [-0.4, -0.2) is 12.4 Å². The van der Waals surface area contributed by atoms with E-state index in [2.05, 4.69) is 25.4 Å². The number of hydrogen-bond donors (Lipinski definition) is 1. The average molecular weight is 190 g/mol. The molecule has 0 unspecified atom stereocenters. The lowest BCUT2D eigenvalue weighted by Crippen LogP contribution is -2.21. The number of nitrogens with zero attached hydrogens (tertiary/aromatic N) is 1. The summed E-state index contributed by atoms with van der Waals surface area (Å²) in [7, 11) is 0. The molecule has 0 aromatic carbocycles. The van der Waals surface area contributed by atoms with E-state index in [9.17, 15) is 0 Å². The molecular weight excluding hydrogens is 172 g/mol. The Kier molecular flexibility index (Phi) is 3.28. The van der Waals surface area contributed by atoms with Crippen molar-refractivity contribution in [2.75, 3.05) is 6.54 Å². The fourth-order valence-electron chi connectivity index (χ4n) is 1.75. The van der Waals surface area contributed by atoms with Crippen LogP contribution < -0.4 is 5.73 Å². The Labute approximate surface area is 85.9 Å². The maximum absolute atomic E-state index is 5.87. The van der Waals surface area contributed by atoms with Gasteiger partial charge in [-0.15, -0.1) is 0 Å². The second kappa shape index (κ2) is 4.27. The van der Waals surface area contributed by atoms with E-state index in [-0.39, 0.29) is 0 Å². The van der Waals surface area contributed by atoms with Crippen molar-refractivity contribution in [2.24, 2.45) is 10.7 Å². The third-order valence-corrected chi connectivity index (χ3v) is 2.31. The van der Waals surface area contributed by atoms with Gasteiger partial charge in [-0.1, -0.05) is 23.8 Å². The monoisotopic (exact) mass is 190 g/mol.